The van der Waals surface area contributed by atoms with Gasteiger partial charge in [0.05, 0.1) is 18.8 Å². The van der Waals surface area contributed by atoms with Gasteiger partial charge in [0.2, 0.25) is 0 Å². The van der Waals surface area contributed by atoms with Crippen molar-refractivity contribution in [2.45, 2.75) is 13.0 Å². The van der Waals surface area contributed by atoms with Crippen molar-refractivity contribution in [3.8, 4) is 17.2 Å². The molecule has 0 unspecified atom stereocenters. The third-order valence-electron chi connectivity index (χ3n) is 3.97. The number of phenolic OH excluding ortho intramolecular Hbond substituents is 1. The monoisotopic (exact) mass is 278 g/mol. The van der Waals surface area contributed by atoms with Crippen LogP contribution in [0, 0.1) is 0 Å². The normalized spacial score (nSPS) is 20.6. The minimum Gasteiger partial charge on any atom is -0.507 e. The summed E-state index contributed by atoms with van der Waals surface area (Å²) in [6.45, 7) is 6.19. The predicted octanol–water partition coefficient (Wildman–Crippen LogP) is 1.30. The summed E-state index contributed by atoms with van der Waals surface area (Å²) in [7, 11) is 2.14. The van der Waals surface area contributed by atoms with Crippen molar-refractivity contribution < 1.29 is 14.6 Å². The molecule has 1 N–H and O–H groups in total. The van der Waals surface area contributed by atoms with E-state index in [1.54, 1.807) is 12.1 Å². The minimum atomic E-state index is 0.299. The maximum atomic E-state index is 10.2. The second-order valence-electron chi connectivity index (χ2n) is 5.52. The highest BCUT2D eigenvalue weighted by Crippen LogP contribution is 2.39. The van der Waals surface area contributed by atoms with Gasteiger partial charge in [-0.15, -0.1) is 0 Å². The van der Waals surface area contributed by atoms with E-state index < -0.39 is 0 Å². The number of phenols is 1. The van der Waals surface area contributed by atoms with Crippen LogP contribution in [0.1, 0.15) is 12.0 Å². The zero-order valence-electron chi connectivity index (χ0n) is 12.0. The fraction of sp³-hybridized carbons (Fsp3) is 0.600. The molecule has 1 fully saturated rings. The molecule has 0 radical (unpaired) electrons. The summed E-state index contributed by atoms with van der Waals surface area (Å²) in [5.74, 6) is 1.78. The third kappa shape index (κ3) is 2.83. The van der Waals surface area contributed by atoms with E-state index in [0.29, 0.717) is 25.5 Å². The standard InChI is InChI=1S/C15H22N2O3/c1-16-5-7-17(8-6-16)11-12-13(18)3-4-14-15(12)20-10-2-9-19-14/h3-4,18H,2,5-11H2,1H3. The summed E-state index contributed by atoms with van der Waals surface area (Å²) >= 11 is 0. The van der Waals surface area contributed by atoms with Crippen molar-refractivity contribution in [2.75, 3.05) is 46.4 Å². The molecule has 0 saturated carbocycles. The Morgan fingerprint density at radius 3 is 2.65 bits per heavy atom. The first-order valence-electron chi connectivity index (χ1n) is 7.25. The molecule has 20 heavy (non-hydrogen) atoms. The van der Waals surface area contributed by atoms with Gasteiger partial charge in [0.25, 0.3) is 0 Å². The van der Waals surface area contributed by atoms with Crippen LogP contribution in [-0.4, -0.2) is 61.3 Å². The second kappa shape index (κ2) is 5.89. The van der Waals surface area contributed by atoms with Crippen molar-refractivity contribution in [3.63, 3.8) is 0 Å². The molecule has 0 aliphatic carbocycles. The first-order valence-corrected chi connectivity index (χ1v) is 7.25. The quantitative estimate of drug-likeness (QED) is 0.883. The Bertz CT molecular complexity index is 470. The van der Waals surface area contributed by atoms with E-state index >= 15 is 0 Å². The van der Waals surface area contributed by atoms with Gasteiger partial charge >= 0.3 is 0 Å². The van der Waals surface area contributed by atoms with Crippen molar-refractivity contribution in [1.82, 2.24) is 9.80 Å². The Labute approximate surface area is 119 Å². The van der Waals surface area contributed by atoms with Crippen LogP contribution in [0.3, 0.4) is 0 Å². The Kier molecular flexibility index (Phi) is 3.98. The molecule has 1 aromatic carbocycles. The summed E-state index contributed by atoms with van der Waals surface area (Å²) in [5.41, 5.74) is 0.856. The molecule has 110 valence electrons. The maximum absolute atomic E-state index is 10.2. The largest absolute Gasteiger partial charge is 0.507 e. The first-order chi connectivity index (χ1) is 9.74. The Morgan fingerprint density at radius 2 is 1.85 bits per heavy atom. The number of hydrogen-bond donors (Lipinski definition) is 1. The number of benzene rings is 1. The van der Waals surface area contributed by atoms with Gasteiger partial charge in [-0.3, -0.25) is 4.90 Å². The van der Waals surface area contributed by atoms with Gasteiger partial charge in [0.1, 0.15) is 5.75 Å². The zero-order chi connectivity index (χ0) is 13.9. The lowest BCUT2D eigenvalue weighted by atomic mass is 10.1. The Balaban J connectivity index is 1.81. The molecule has 2 heterocycles. The smallest absolute Gasteiger partial charge is 0.169 e. The van der Waals surface area contributed by atoms with Gasteiger partial charge < -0.3 is 19.5 Å². The number of ether oxygens (including phenoxy) is 2. The van der Waals surface area contributed by atoms with Crippen LogP contribution in [0.25, 0.3) is 0 Å². The van der Waals surface area contributed by atoms with E-state index in [9.17, 15) is 5.11 Å². The van der Waals surface area contributed by atoms with E-state index in [0.717, 1.165) is 49.7 Å². The van der Waals surface area contributed by atoms with E-state index in [-0.39, 0.29) is 0 Å². The van der Waals surface area contributed by atoms with Gasteiger partial charge in [-0.25, -0.2) is 0 Å². The second-order valence-corrected chi connectivity index (χ2v) is 5.52. The molecule has 3 rings (SSSR count). The molecule has 0 bridgehead atoms. The highest BCUT2D eigenvalue weighted by molar-refractivity contribution is 5.53. The number of hydrogen-bond acceptors (Lipinski definition) is 5. The lowest BCUT2D eigenvalue weighted by molar-refractivity contribution is 0.145. The number of piperazine rings is 1. The third-order valence-corrected chi connectivity index (χ3v) is 3.97. The van der Waals surface area contributed by atoms with Crippen LogP contribution in [0.2, 0.25) is 0 Å². The Morgan fingerprint density at radius 1 is 1.10 bits per heavy atom. The van der Waals surface area contributed by atoms with E-state index in [1.165, 1.54) is 0 Å². The molecule has 1 saturated heterocycles. The molecule has 1 aromatic rings. The van der Waals surface area contributed by atoms with Gasteiger partial charge in [0.15, 0.2) is 11.5 Å². The lowest BCUT2D eigenvalue weighted by Gasteiger charge is -2.32. The van der Waals surface area contributed by atoms with Crippen molar-refractivity contribution >= 4 is 0 Å². The van der Waals surface area contributed by atoms with Crippen molar-refractivity contribution in [2.24, 2.45) is 0 Å². The highest BCUT2D eigenvalue weighted by atomic mass is 16.5. The number of likely N-dealkylation sites (N-methyl/N-ethyl adjacent to an activating group) is 1. The van der Waals surface area contributed by atoms with E-state index in [2.05, 4.69) is 16.8 Å². The highest BCUT2D eigenvalue weighted by Gasteiger charge is 2.22. The van der Waals surface area contributed by atoms with Gasteiger partial charge in [-0.05, 0) is 19.2 Å². The molecule has 0 amide bonds. The molecule has 2 aliphatic heterocycles. The van der Waals surface area contributed by atoms with E-state index in [4.69, 9.17) is 9.47 Å². The summed E-state index contributed by atoms with van der Waals surface area (Å²) in [6, 6.07) is 3.50. The van der Waals surface area contributed by atoms with Crippen LogP contribution in [0.15, 0.2) is 12.1 Å². The fourth-order valence-corrected chi connectivity index (χ4v) is 2.67. The molecule has 0 atom stereocenters. The average molecular weight is 278 g/mol. The number of nitrogens with zero attached hydrogens (tertiary/aromatic N) is 2. The fourth-order valence-electron chi connectivity index (χ4n) is 2.67. The lowest BCUT2D eigenvalue weighted by Crippen LogP contribution is -2.43. The molecular weight excluding hydrogens is 256 g/mol. The average Bonchev–Trinajstić information content (AvgIpc) is 2.69. The summed E-state index contributed by atoms with van der Waals surface area (Å²) < 4.78 is 11.5. The molecule has 5 nitrogen and oxygen atoms in total. The molecule has 2 aliphatic rings. The van der Waals surface area contributed by atoms with Gasteiger partial charge in [-0.1, -0.05) is 0 Å². The van der Waals surface area contributed by atoms with Crippen LogP contribution in [-0.2, 0) is 6.54 Å². The van der Waals surface area contributed by atoms with E-state index in [1.807, 2.05) is 0 Å². The van der Waals surface area contributed by atoms with Crippen LogP contribution >= 0.6 is 0 Å². The Hall–Kier alpha value is -1.46. The SMILES string of the molecule is CN1CCN(Cc2c(O)ccc3c2OCCCO3)CC1. The summed E-state index contributed by atoms with van der Waals surface area (Å²) in [4.78, 5) is 4.67. The molecular formula is C15H22N2O3. The van der Waals surface area contributed by atoms with Crippen LogP contribution in [0.4, 0.5) is 0 Å². The predicted molar refractivity (Wildman–Crippen MR) is 76.5 cm³/mol. The minimum absolute atomic E-state index is 0.299. The number of fused-ring (bicyclic) bond motifs is 1. The number of aromatic hydroxyl groups is 1. The van der Waals surface area contributed by atoms with Crippen molar-refractivity contribution in [1.29, 1.82) is 0 Å². The molecule has 0 aromatic heterocycles. The molecule has 5 heteroatoms. The number of rotatable bonds is 2. The topological polar surface area (TPSA) is 45.2 Å². The van der Waals surface area contributed by atoms with Gasteiger partial charge in [-0.2, -0.15) is 0 Å². The van der Waals surface area contributed by atoms with Crippen LogP contribution < -0.4 is 9.47 Å². The van der Waals surface area contributed by atoms with Crippen molar-refractivity contribution in [3.05, 3.63) is 17.7 Å². The van der Waals surface area contributed by atoms with Crippen LogP contribution in [0.5, 0.6) is 17.2 Å². The molecule has 0 spiro atoms. The maximum Gasteiger partial charge on any atom is 0.169 e. The first kappa shape index (κ1) is 13.5. The summed E-state index contributed by atoms with van der Waals surface area (Å²) in [6.07, 6.45) is 0.878. The summed E-state index contributed by atoms with van der Waals surface area (Å²) in [5, 5.41) is 10.2. The zero-order valence-corrected chi connectivity index (χ0v) is 12.0. The van der Waals surface area contributed by atoms with Gasteiger partial charge in [0, 0.05) is 39.1 Å².